The highest BCUT2D eigenvalue weighted by Crippen LogP contribution is 2.39. The van der Waals surface area contributed by atoms with Crippen molar-refractivity contribution in [3.8, 4) is 11.5 Å². The second-order valence-electron chi connectivity index (χ2n) is 5.95. The summed E-state index contributed by atoms with van der Waals surface area (Å²) in [5, 5.41) is 10.6. The number of aryl methyl sites for hydroxylation is 1. The highest BCUT2D eigenvalue weighted by molar-refractivity contribution is 6.36. The highest BCUT2D eigenvalue weighted by atomic mass is 35.5. The molecule has 0 saturated carbocycles. The number of halogens is 1. The Morgan fingerprint density at radius 3 is 2.45 bits per heavy atom. The van der Waals surface area contributed by atoms with E-state index >= 15 is 0 Å². The Balaban J connectivity index is 2.22. The van der Waals surface area contributed by atoms with E-state index in [4.69, 9.17) is 21.8 Å². The molecule has 0 atom stereocenters. The van der Waals surface area contributed by atoms with Gasteiger partial charge in [-0.3, -0.25) is 0 Å². The molecule has 0 bridgehead atoms. The average molecular weight is 317 g/mol. The maximum atomic E-state index is 10.2. The van der Waals surface area contributed by atoms with Gasteiger partial charge in [-0.05, 0) is 32.9 Å². The van der Waals surface area contributed by atoms with Crippen molar-refractivity contribution in [3.05, 3.63) is 46.5 Å². The summed E-state index contributed by atoms with van der Waals surface area (Å²) in [6.45, 7) is 5.29. The lowest BCUT2D eigenvalue weighted by Crippen LogP contribution is -2.18. The first-order valence-corrected chi connectivity index (χ1v) is 7.33. The highest BCUT2D eigenvalue weighted by Gasteiger charge is 2.26. The summed E-state index contributed by atoms with van der Waals surface area (Å²) in [5.74, 6) is 0.476. The summed E-state index contributed by atoms with van der Waals surface area (Å²) >= 11 is 6.40. The van der Waals surface area contributed by atoms with Crippen LogP contribution in [0, 0.1) is 6.92 Å². The zero-order valence-corrected chi connectivity index (χ0v) is 13.4. The van der Waals surface area contributed by atoms with Gasteiger partial charge in [0.1, 0.15) is 5.52 Å². The molecule has 0 spiro atoms. The normalized spacial score (nSPS) is 12.0. The minimum absolute atomic E-state index is 0.324. The van der Waals surface area contributed by atoms with E-state index in [1.807, 2.05) is 31.2 Å². The number of aliphatic hydroxyl groups is 1. The van der Waals surface area contributed by atoms with Crippen molar-refractivity contribution in [2.24, 2.45) is 0 Å². The summed E-state index contributed by atoms with van der Waals surface area (Å²) in [6, 6.07) is 9.51. The first kappa shape index (κ1) is 14.9. The average Bonchev–Trinajstić information content (AvgIpc) is 2.82. The zero-order valence-electron chi connectivity index (χ0n) is 12.6. The summed E-state index contributed by atoms with van der Waals surface area (Å²) in [6.07, 6.45) is 0. The van der Waals surface area contributed by atoms with Crippen molar-refractivity contribution in [1.29, 1.82) is 0 Å². The molecule has 0 unspecified atom stereocenters. The predicted octanol–water partition coefficient (Wildman–Crippen LogP) is 4.27. The molecule has 1 aromatic heterocycles. The van der Waals surface area contributed by atoms with Gasteiger partial charge >= 0.3 is 0 Å². The van der Waals surface area contributed by atoms with Gasteiger partial charge in [-0.15, -0.1) is 0 Å². The van der Waals surface area contributed by atoms with Crippen molar-refractivity contribution in [3.63, 3.8) is 0 Å². The molecular formula is C17H17ClN2O2. The number of hydrogen-bond donors (Lipinski definition) is 2. The van der Waals surface area contributed by atoms with Crippen LogP contribution >= 0.6 is 11.6 Å². The molecule has 0 aliphatic carbocycles. The van der Waals surface area contributed by atoms with Crippen LogP contribution in [0.5, 0.6) is 0 Å². The molecule has 0 amide bonds. The number of anilines is 1. The molecule has 0 aliphatic heterocycles. The number of rotatable bonds is 2. The molecule has 0 saturated heterocycles. The van der Waals surface area contributed by atoms with Crippen molar-refractivity contribution in [2.75, 3.05) is 5.73 Å². The van der Waals surface area contributed by atoms with Crippen LogP contribution in [0.3, 0.4) is 0 Å². The van der Waals surface area contributed by atoms with E-state index in [1.165, 1.54) is 0 Å². The van der Waals surface area contributed by atoms with Crippen LogP contribution < -0.4 is 5.73 Å². The fourth-order valence-corrected chi connectivity index (χ4v) is 2.96. The second-order valence-corrected chi connectivity index (χ2v) is 6.32. The standard InChI is InChI=1S/C17H17ClN2O2/c1-9-4-6-10(7-5-9)16-20-15-12(22-16)8-11(19)13(14(15)18)17(2,3)21/h4-8,21H,19H2,1-3H3. The molecule has 3 aromatic rings. The lowest BCUT2D eigenvalue weighted by molar-refractivity contribution is 0.0796. The largest absolute Gasteiger partial charge is 0.436 e. The third kappa shape index (κ3) is 2.45. The predicted molar refractivity (Wildman–Crippen MR) is 88.8 cm³/mol. The molecule has 5 heteroatoms. The Morgan fingerprint density at radius 1 is 1.23 bits per heavy atom. The Morgan fingerprint density at radius 2 is 1.86 bits per heavy atom. The Labute approximate surface area is 133 Å². The number of fused-ring (bicyclic) bond motifs is 1. The first-order chi connectivity index (χ1) is 10.3. The summed E-state index contributed by atoms with van der Waals surface area (Å²) in [4.78, 5) is 4.46. The fourth-order valence-electron chi connectivity index (χ4n) is 2.49. The van der Waals surface area contributed by atoms with Crippen molar-refractivity contribution < 1.29 is 9.52 Å². The number of nitrogen functional groups attached to an aromatic ring is 1. The lowest BCUT2D eigenvalue weighted by Gasteiger charge is -2.21. The minimum Gasteiger partial charge on any atom is -0.436 e. The van der Waals surface area contributed by atoms with Crippen LogP contribution in [-0.2, 0) is 5.60 Å². The Bertz CT molecular complexity index is 846. The molecule has 22 heavy (non-hydrogen) atoms. The van der Waals surface area contributed by atoms with Crippen LogP contribution in [0.25, 0.3) is 22.6 Å². The van der Waals surface area contributed by atoms with Crippen molar-refractivity contribution in [2.45, 2.75) is 26.4 Å². The fraction of sp³-hybridized carbons (Fsp3) is 0.235. The van der Waals surface area contributed by atoms with Gasteiger partial charge in [-0.25, -0.2) is 4.98 Å². The minimum atomic E-state index is -1.15. The molecule has 3 rings (SSSR count). The number of nitrogens with two attached hydrogens (primary N) is 1. The van der Waals surface area contributed by atoms with E-state index < -0.39 is 5.60 Å². The maximum Gasteiger partial charge on any atom is 0.227 e. The van der Waals surface area contributed by atoms with E-state index in [1.54, 1.807) is 19.9 Å². The maximum absolute atomic E-state index is 10.2. The molecule has 114 valence electrons. The van der Waals surface area contributed by atoms with E-state index in [9.17, 15) is 5.11 Å². The first-order valence-electron chi connectivity index (χ1n) is 6.96. The van der Waals surface area contributed by atoms with Gasteiger partial charge in [-0.1, -0.05) is 29.3 Å². The third-order valence-electron chi connectivity index (χ3n) is 3.57. The molecule has 4 nitrogen and oxygen atoms in total. The van der Waals surface area contributed by atoms with E-state index in [-0.39, 0.29) is 0 Å². The van der Waals surface area contributed by atoms with Gasteiger partial charge in [0.2, 0.25) is 5.89 Å². The smallest absolute Gasteiger partial charge is 0.227 e. The molecular weight excluding hydrogens is 300 g/mol. The molecule has 0 aliphatic rings. The van der Waals surface area contributed by atoms with Crippen LogP contribution in [-0.4, -0.2) is 10.1 Å². The number of aromatic nitrogens is 1. The number of nitrogens with zero attached hydrogens (tertiary/aromatic N) is 1. The van der Waals surface area contributed by atoms with Gasteiger partial charge in [0.05, 0.1) is 10.6 Å². The van der Waals surface area contributed by atoms with Crippen LogP contribution in [0.2, 0.25) is 5.02 Å². The van der Waals surface area contributed by atoms with Crippen LogP contribution in [0.1, 0.15) is 25.0 Å². The number of benzene rings is 2. The van der Waals surface area contributed by atoms with Crippen LogP contribution in [0.15, 0.2) is 34.7 Å². The van der Waals surface area contributed by atoms with Crippen molar-refractivity contribution in [1.82, 2.24) is 4.98 Å². The lowest BCUT2D eigenvalue weighted by atomic mass is 9.96. The Hall–Kier alpha value is -2.04. The summed E-state index contributed by atoms with van der Waals surface area (Å²) in [7, 11) is 0. The zero-order chi connectivity index (χ0) is 16.1. The quantitative estimate of drug-likeness (QED) is 0.693. The molecule has 0 radical (unpaired) electrons. The van der Waals surface area contributed by atoms with Crippen LogP contribution in [0.4, 0.5) is 5.69 Å². The summed E-state index contributed by atoms with van der Waals surface area (Å²) < 4.78 is 5.77. The Kier molecular flexibility index (Phi) is 3.38. The summed E-state index contributed by atoms with van der Waals surface area (Å²) in [5.41, 5.74) is 8.73. The SMILES string of the molecule is Cc1ccc(-c2nc3c(Cl)c(C(C)(C)O)c(N)cc3o2)cc1. The molecule has 2 aromatic carbocycles. The van der Waals surface area contributed by atoms with Gasteiger partial charge in [0, 0.05) is 22.9 Å². The third-order valence-corrected chi connectivity index (χ3v) is 3.93. The number of oxazole rings is 1. The molecule has 1 heterocycles. The van der Waals surface area contributed by atoms with E-state index in [0.29, 0.717) is 33.3 Å². The topological polar surface area (TPSA) is 72.3 Å². The molecule has 3 N–H and O–H groups in total. The molecule has 0 fully saturated rings. The van der Waals surface area contributed by atoms with Gasteiger partial charge in [0.15, 0.2) is 5.58 Å². The number of hydrogen-bond acceptors (Lipinski definition) is 4. The second kappa shape index (κ2) is 5.00. The van der Waals surface area contributed by atoms with Gasteiger partial charge in [-0.2, -0.15) is 0 Å². The monoisotopic (exact) mass is 316 g/mol. The van der Waals surface area contributed by atoms with Gasteiger partial charge in [0.25, 0.3) is 0 Å². The van der Waals surface area contributed by atoms with E-state index in [2.05, 4.69) is 4.98 Å². The van der Waals surface area contributed by atoms with E-state index in [0.717, 1.165) is 11.1 Å². The van der Waals surface area contributed by atoms with Crippen molar-refractivity contribution >= 4 is 28.4 Å². The van der Waals surface area contributed by atoms with Gasteiger partial charge < -0.3 is 15.3 Å².